The number of nitrogens with zero attached hydrogens (tertiary/aromatic N) is 2. The van der Waals surface area contributed by atoms with Crippen LogP contribution in [0.1, 0.15) is 16.2 Å². The number of benzene rings is 1. The lowest BCUT2D eigenvalue weighted by atomic mass is 10.2. The largest absolute Gasteiger partial charge is 0.497 e. The van der Waals surface area contributed by atoms with E-state index in [-0.39, 0.29) is 12.1 Å². The summed E-state index contributed by atoms with van der Waals surface area (Å²) in [7, 11) is 1.43. The molecule has 0 saturated carbocycles. The first-order chi connectivity index (χ1) is 9.20. The van der Waals surface area contributed by atoms with Crippen molar-refractivity contribution in [3.63, 3.8) is 0 Å². The molecule has 19 heavy (non-hydrogen) atoms. The molecule has 1 heterocycles. The normalized spacial score (nSPS) is 10.2. The Morgan fingerprint density at radius 3 is 3.00 bits per heavy atom. The van der Waals surface area contributed by atoms with Crippen LogP contribution in [0.15, 0.2) is 29.0 Å². The van der Waals surface area contributed by atoms with Crippen LogP contribution >= 0.6 is 0 Å². The van der Waals surface area contributed by atoms with Gasteiger partial charge in [0, 0.05) is 19.0 Å². The van der Waals surface area contributed by atoms with Crippen LogP contribution in [-0.4, -0.2) is 29.7 Å². The van der Waals surface area contributed by atoms with Crippen LogP contribution < -0.4 is 10.1 Å². The zero-order valence-electron chi connectivity index (χ0n) is 10.2. The fourth-order valence-corrected chi connectivity index (χ4v) is 1.49. The minimum Gasteiger partial charge on any atom is -0.497 e. The number of hydrogen-bond donors (Lipinski definition) is 1. The lowest BCUT2D eigenvalue weighted by Gasteiger charge is -2.06. The molecule has 0 aliphatic rings. The second-order valence-electron chi connectivity index (χ2n) is 3.69. The molecule has 0 spiro atoms. The number of halogens is 1. The summed E-state index contributed by atoms with van der Waals surface area (Å²) in [6, 6.07) is 4.05. The molecule has 2 rings (SSSR count). The van der Waals surface area contributed by atoms with Gasteiger partial charge in [-0.25, -0.2) is 4.39 Å². The smallest absolute Gasteiger partial charge is 0.254 e. The highest BCUT2D eigenvalue weighted by molar-refractivity contribution is 5.94. The number of aromatic nitrogens is 2. The van der Waals surface area contributed by atoms with Crippen LogP contribution in [0.2, 0.25) is 0 Å². The van der Waals surface area contributed by atoms with Crippen molar-refractivity contribution >= 4 is 5.91 Å². The summed E-state index contributed by atoms with van der Waals surface area (Å²) in [5.74, 6) is -0.357. The van der Waals surface area contributed by atoms with Crippen molar-refractivity contribution in [3.05, 3.63) is 41.8 Å². The van der Waals surface area contributed by atoms with Gasteiger partial charge in [-0.3, -0.25) is 4.79 Å². The zero-order valence-corrected chi connectivity index (χ0v) is 10.2. The Hall–Kier alpha value is -2.44. The van der Waals surface area contributed by atoms with Crippen molar-refractivity contribution in [1.82, 2.24) is 15.5 Å². The maximum absolute atomic E-state index is 13.6. The van der Waals surface area contributed by atoms with Crippen LogP contribution in [0.4, 0.5) is 4.39 Å². The monoisotopic (exact) mass is 265 g/mol. The highest BCUT2D eigenvalue weighted by Gasteiger charge is 2.12. The van der Waals surface area contributed by atoms with E-state index in [1.54, 1.807) is 0 Å². The van der Waals surface area contributed by atoms with Gasteiger partial charge in [0.05, 0.1) is 12.7 Å². The minimum absolute atomic E-state index is 0.0358. The van der Waals surface area contributed by atoms with Gasteiger partial charge in [-0.05, 0) is 12.1 Å². The van der Waals surface area contributed by atoms with Crippen LogP contribution in [0.3, 0.4) is 0 Å². The van der Waals surface area contributed by atoms with Crippen molar-refractivity contribution in [2.24, 2.45) is 0 Å². The Morgan fingerprint density at radius 2 is 2.37 bits per heavy atom. The van der Waals surface area contributed by atoms with E-state index < -0.39 is 11.7 Å². The fraction of sp³-hybridized carbons (Fsp3) is 0.250. The Kier molecular flexibility index (Phi) is 4.07. The molecule has 1 N–H and O–H groups in total. The molecule has 6 nitrogen and oxygen atoms in total. The van der Waals surface area contributed by atoms with Gasteiger partial charge in [-0.2, -0.15) is 4.98 Å². The second-order valence-corrected chi connectivity index (χ2v) is 3.69. The van der Waals surface area contributed by atoms with Gasteiger partial charge >= 0.3 is 0 Å². The van der Waals surface area contributed by atoms with Gasteiger partial charge in [0.1, 0.15) is 11.6 Å². The maximum Gasteiger partial charge on any atom is 0.254 e. The Labute approximate surface area is 108 Å². The number of methoxy groups -OCH3 is 1. The van der Waals surface area contributed by atoms with E-state index in [1.807, 2.05) is 0 Å². The van der Waals surface area contributed by atoms with Gasteiger partial charge in [-0.15, -0.1) is 0 Å². The van der Waals surface area contributed by atoms with E-state index in [1.165, 1.54) is 25.6 Å². The van der Waals surface area contributed by atoms with Crippen LogP contribution in [0.5, 0.6) is 5.75 Å². The van der Waals surface area contributed by atoms with Crippen molar-refractivity contribution in [3.8, 4) is 5.75 Å². The summed E-state index contributed by atoms with van der Waals surface area (Å²) in [6.45, 7) is 0.284. The Bertz CT molecular complexity index is 557. The minimum atomic E-state index is -0.630. The van der Waals surface area contributed by atoms with Gasteiger partial charge in [0.25, 0.3) is 5.91 Å². The summed E-state index contributed by atoms with van der Waals surface area (Å²) >= 11 is 0. The molecule has 7 heteroatoms. The van der Waals surface area contributed by atoms with Crippen LogP contribution in [-0.2, 0) is 6.42 Å². The highest BCUT2D eigenvalue weighted by atomic mass is 19.1. The van der Waals surface area contributed by atoms with E-state index >= 15 is 0 Å². The zero-order chi connectivity index (χ0) is 13.7. The average Bonchev–Trinajstić information content (AvgIpc) is 2.91. The van der Waals surface area contributed by atoms with E-state index in [2.05, 4.69) is 15.5 Å². The van der Waals surface area contributed by atoms with Crippen LogP contribution in [0.25, 0.3) is 0 Å². The van der Waals surface area contributed by atoms with E-state index in [9.17, 15) is 9.18 Å². The van der Waals surface area contributed by atoms with Crippen molar-refractivity contribution in [2.75, 3.05) is 13.7 Å². The van der Waals surface area contributed by atoms with Crippen molar-refractivity contribution in [2.45, 2.75) is 6.42 Å². The molecule has 1 aromatic carbocycles. The summed E-state index contributed by atoms with van der Waals surface area (Å²) in [5, 5.41) is 6.01. The molecule has 0 radical (unpaired) electrons. The highest BCUT2D eigenvalue weighted by Crippen LogP contribution is 2.15. The summed E-state index contributed by atoms with van der Waals surface area (Å²) < 4.78 is 23.2. The predicted molar refractivity (Wildman–Crippen MR) is 63.3 cm³/mol. The fourth-order valence-electron chi connectivity index (χ4n) is 1.49. The average molecular weight is 265 g/mol. The molecule has 1 aromatic heterocycles. The third kappa shape index (κ3) is 3.27. The molecular weight excluding hydrogens is 253 g/mol. The first-order valence-corrected chi connectivity index (χ1v) is 5.58. The standard InChI is InChI=1S/C12H12FN3O3/c1-18-8-2-3-9(10(13)6-8)12(17)14-5-4-11-15-7-16-19-11/h2-3,6-7H,4-5H2,1H3,(H,14,17). The Balaban J connectivity index is 1.92. The van der Waals surface area contributed by atoms with Gasteiger partial charge in [0.15, 0.2) is 6.33 Å². The van der Waals surface area contributed by atoms with E-state index in [4.69, 9.17) is 9.26 Å². The number of carbonyl (C=O) groups excluding carboxylic acids is 1. The number of nitrogens with one attached hydrogen (secondary N) is 1. The number of hydrogen-bond acceptors (Lipinski definition) is 5. The van der Waals surface area contributed by atoms with E-state index in [0.29, 0.717) is 18.1 Å². The lowest BCUT2D eigenvalue weighted by Crippen LogP contribution is -2.26. The summed E-state index contributed by atoms with van der Waals surface area (Å²) in [6.07, 6.45) is 1.67. The van der Waals surface area contributed by atoms with E-state index in [0.717, 1.165) is 6.07 Å². The molecule has 0 aliphatic carbocycles. The van der Waals surface area contributed by atoms with Gasteiger partial charge in [0.2, 0.25) is 5.89 Å². The quantitative estimate of drug-likeness (QED) is 0.878. The number of rotatable bonds is 5. The summed E-state index contributed by atoms with van der Waals surface area (Å²) in [4.78, 5) is 15.5. The number of amides is 1. The number of ether oxygens (including phenoxy) is 1. The van der Waals surface area contributed by atoms with Crippen molar-refractivity contribution < 1.29 is 18.4 Å². The van der Waals surface area contributed by atoms with Gasteiger partial charge in [-0.1, -0.05) is 5.16 Å². The Morgan fingerprint density at radius 1 is 1.53 bits per heavy atom. The first-order valence-electron chi connectivity index (χ1n) is 5.58. The lowest BCUT2D eigenvalue weighted by molar-refractivity contribution is 0.0949. The molecule has 0 atom stereocenters. The van der Waals surface area contributed by atoms with Gasteiger partial charge < -0.3 is 14.6 Å². The maximum atomic E-state index is 13.6. The molecule has 2 aromatic rings. The third-order valence-electron chi connectivity index (χ3n) is 2.45. The molecular formula is C12H12FN3O3. The molecule has 0 aliphatic heterocycles. The topological polar surface area (TPSA) is 77.2 Å². The van der Waals surface area contributed by atoms with Crippen LogP contribution in [0, 0.1) is 5.82 Å². The number of carbonyl (C=O) groups is 1. The predicted octanol–water partition coefficient (Wildman–Crippen LogP) is 1.19. The second kappa shape index (κ2) is 5.94. The first kappa shape index (κ1) is 13.0. The molecule has 0 saturated heterocycles. The molecule has 100 valence electrons. The molecule has 0 unspecified atom stereocenters. The van der Waals surface area contributed by atoms with Crippen molar-refractivity contribution in [1.29, 1.82) is 0 Å². The SMILES string of the molecule is COc1ccc(C(=O)NCCc2ncno2)c(F)c1. The third-order valence-corrected chi connectivity index (χ3v) is 2.45. The molecule has 1 amide bonds. The molecule has 0 bridgehead atoms. The molecule has 0 fully saturated rings. The summed E-state index contributed by atoms with van der Waals surface area (Å²) in [5.41, 5.74) is -0.0358.